The van der Waals surface area contributed by atoms with E-state index in [2.05, 4.69) is 4.08 Å². The number of rotatable bonds is 5. The fourth-order valence-electron chi connectivity index (χ4n) is 1.51. The van der Waals surface area contributed by atoms with Crippen LogP contribution in [-0.2, 0) is 8.64 Å². The lowest BCUT2D eigenvalue weighted by atomic mass is 10.2. The van der Waals surface area contributed by atoms with Gasteiger partial charge in [0.2, 0.25) is 0 Å². The van der Waals surface area contributed by atoms with Gasteiger partial charge >= 0.3 is 7.82 Å². The molecule has 0 N–H and O–H groups in total. The summed E-state index contributed by atoms with van der Waals surface area (Å²) in [6.07, 6.45) is 0. The number of hydrogen-bond acceptors (Lipinski definition) is 4. The average Bonchev–Trinajstić information content (AvgIpc) is 2.45. The van der Waals surface area contributed by atoms with Gasteiger partial charge in [-0.2, -0.15) is 4.08 Å². The van der Waals surface area contributed by atoms with E-state index in [1.165, 1.54) is 12.1 Å². The van der Waals surface area contributed by atoms with Crippen LogP contribution in [0, 0.1) is 6.92 Å². The van der Waals surface area contributed by atoms with Gasteiger partial charge in [-0.15, -0.1) is 0 Å². The van der Waals surface area contributed by atoms with Crippen LogP contribution in [0.3, 0.4) is 0 Å². The molecule has 0 spiro atoms. The van der Waals surface area contributed by atoms with Gasteiger partial charge in [-0.05, 0) is 55.0 Å². The van der Waals surface area contributed by atoms with Crippen molar-refractivity contribution in [2.75, 3.05) is 0 Å². The molecule has 0 radical (unpaired) electrons. The van der Waals surface area contributed by atoms with Crippen molar-refractivity contribution in [1.29, 1.82) is 0 Å². The first-order chi connectivity index (χ1) is 9.92. The lowest BCUT2D eigenvalue weighted by Gasteiger charge is -2.17. The van der Waals surface area contributed by atoms with Gasteiger partial charge in [0.1, 0.15) is 11.5 Å². The summed E-state index contributed by atoms with van der Waals surface area (Å²) in [7, 11) is -4.02. The molecule has 0 aliphatic carbocycles. The first-order valence-electron chi connectivity index (χ1n) is 5.73. The molecule has 0 aliphatic rings. The van der Waals surface area contributed by atoms with Crippen LogP contribution in [0.4, 0.5) is 0 Å². The van der Waals surface area contributed by atoms with Crippen molar-refractivity contribution in [3.63, 3.8) is 0 Å². The van der Waals surface area contributed by atoms with E-state index in [9.17, 15) is 4.57 Å². The molecule has 0 saturated heterocycles. The molecule has 8 heteroatoms. The second-order valence-corrected chi connectivity index (χ2v) is 6.75. The van der Waals surface area contributed by atoms with Crippen LogP contribution < -0.4 is 9.05 Å². The van der Waals surface area contributed by atoms with Crippen molar-refractivity contribution in [3.05, 3.63) is 58.1 Å². The quantitative estimate of drug-likeness (QED) is 0.604. The van der Waals surface area contributed by atoms with E-state index in [1.54, 1.807) is 37.3 Å². The molecule has 2 rings (SSSR count). The fourth-order valence-corrected chi connectivity index (χ4v) is 2.95. The molecule has 21 heavy (non-hydrogen) atoms. The van der Waals surface area contributed by atoms with Crippen molar-refractivity contribution in [2.45, 2.75) is 6.92 Å². The Hall–Kier alpha value is -0.900. The Labute approximate surface area is 137 Å². The minimum Gasteiger partial charge on any atom is -0.394 e. The molecule has 0 fully saturated rings. The third kappa shape index (κ3) is 4.53. The number of phosphoric ester groups is 1. The minimum atomic E-state index is -4.02. The average molecular weight is 368 g/mol. The first-order valence-corrected chi connectivity index (χ1v) is 8.26. The number of hydrogen-bond donors (Lipinski definition) is 0. The molecule has 0 aromatic heterocycles. The number of benzene rings is 2. The maximum absolute atomic E-state index is 12.4. The van der Waals surface area contributed by atoms with E-state index in [0.29, 0.717) is 15.6 Å². The predicted octanol–water partition coefficient (Wildman–Crippen LogP) is 6.04. The number of aryl methyl sites for hydroxylation is 1. The third-order valence-corrected chi connectivity index (χ3v) is 4.48. The van der Waals surface area contributed by atoms with Crippen LogP contribution in [-0.4, -0.2) is 0 Å². The molecule has 0 saturated carbocycles. The molecule has 0 bridgehead atoms. The van der Waals surface area contributed by atoms with Crippen LogP contribution in [0.1, 0.15) is 5.56 Å². The molecular weight excluding hydrogens is 357 g/mol. The summed E-state index contributed by atoms with van der Waals surface area (Å²) in [4.78, 5) is 0. The smallest absolute Gasteiger partial charge is 0.394 e. The predicted molar refractivity (Wildman–Crippen MR) is 83.4 cm³/mol. The van der Waals surface area contributed by atoms with Gasteiger partial charge in [0.25, 0.3) is 0 Å². The third-order valence-electron chi connectivity index (χ3n) is 2.46. The van der Waals surface area contributed by atoms with Crippen LogP contribution in [0.15, 0.2) is 42.5 Å². The van der Waals surface area contributed by atoms with Crippen molar-refractivity contribution < 1.29 is 17.7 Å². The second kappa shape index (κ2) is 6.91. The molecule has 112 valence electrons. The maximum atomic E-state index is 12.4. The van der Waals surface area contributed by atoms with Crippen molar-refractivity contribution in [1.82, 2.24) is 0 Å². The summed E-state index contributed by atoms with van der Waals surface area (Å²) >= 11 is 16.9. The number of halogens is 3. The van der Waals surface area contributed by atoms with E-state index in [0.717, 1.165) is 0 Å². The van der Waals surface area contributed by atoms with Crippen LogP contribution in [0.25, 0.3) is 0 Å². The van der Waals surface area contributed by atoms with Gasteiger partial charge in [0.05, 0.1) is 11.9 Å². The Morgan fingerprint density at radius 3 is 2.14 bits per heavy atom. The molecule has 0 amide bonds. The molecule has 0 aliphatic heterocycles. The summed E-state index contributed by atoms with van der Waals surface area (Å²) in [6, 6.07) is 11.0. The van der Waals surface area contributed by atoms with Gasteiger partial charge in [0, 0.05) is 10.0 Å². The molecule has 2 aromatic carbocycles. The summed E-state index contributed by atoms with van der Waals surface area (Å²) in [6.45, 7) is 1.74. The van der Waals surface area contributed by atoms with Gasteiger partial charge < -0.3 is 9.05 Å². The standard InChI is InChI=1S/C13H10Cl3O4P/c1-9-8-11(15)4-7-13(9)19-21(17,20-16)18-12-5-2-10(14)3-6-12/h2-8H,1H3. The lowest BCUT2D eigenvalue weighted by Crippen LogP contribution is -2.02. The molecule has 0 heterocycles. The lowest BCUT2D eigenvalue weighted by molar-refractivity contribution is 0.307. The Bertz CT molecular complexity index is 676. The summed E-state index contributed by atoms with van der Waals surface area (Å²) in [5.74, 6) is 0.535. The van der Waals surface area contributed by atoms with E-state index >= 15 is 0 Å². The molecule has 4 nitrogen and oxygen atoms in total. The molecule has 2 aromatic rings. The second-order valence-electron chi connectivity index (χ2n) is 4.06. The Morgan fingerprint density at radius 1 is 0.952 bits per heavy atom. The Kier molecular flexibility index (Phi) is 5.42. The summed E-state index contributed by atoms with van der Waals surface area (Å²) in [5.41, 5.74) is 0.663. The summed E-state index contributed by atoms with van der Waals surface area (Å²) in [5, 5.41) is 1.04. The Morgan fingerprint density at radius 2 is 1.57 bits per heavy atom. The largest absolute Gasteiger partial charge is 0.604 e. The van der Waals surface area contributed by atoms with E-state index in [-0.39, 0.29) is 11.5 Å². The van der Waals surface area contributed by atoms with E-state index < -0.39 is 7.82 Å². The van der Waals surface area contributed by atoms with E-state index in [1.807, 2.05) is 0 Å². The zero-order chi connectivity index (χ0) is 15.5. The van der Waals surface area contributed by atoms with Gasteiger partial charge in [0.15, 0.2) is 0 Å². The molecule has 1 unspecified atom stereocenters. The normalized spacial score (nSPS) is 13.5. The minimum absolute atomic E-state index is 0.245. The zero-order valence-corrected chi connectivity index (χ0v) is 13.9. The highest BCUT2D eigenvalue weighted by Crippen LogP contribution is 2.51. The van der Waals surface area contributed by atoms with E-state index in [4.69, 9.17) is 44.1 Å². The highest BCUT2D eigenvalue weighted by Gasteiger charge is 2.31. The highest BCUT2D eigenvalue weighted by atomic mass is 35.5. The van der Waals surface area contributed by atoms with Crippen LogP contribution in [0.2, 0.25) is 10.0 Å². The fraction of sp³-hybridized carbons (Fsp3) is 0.0769. The maximum Gasteiger partial charge on any atom is 0.604 e. The monoisotopic (exact) mass is 366 g/mol. The van der Waals surface area contributed by atoms with Crippen LogP contribution >= 0.6 is 42.9 Å². The zero-order valence-electron chi connectivity index (χ0n) is 10.8. The van der Waals surface area contributed by atoms with Gasteiger partial charge in [-0.1, -0.05) is 23.2 Å². The number of phosphoric acid groups is 1. The highest BCUT2D eigenvalue weighted by molar-refractivity contribution is 7.50. The van der Waals surface area contributed by atoms with Crippen molar-refractivity contribution >= 4 is 42.9 Å². The SMILES string of the molecule is Cc1cc(Cl)ccc1OP(=O)(OCl)Oc1ccc(Cl)cc1. The van der Waals surface area contributed by atoms with Gasteiger partial charge in [-0.25, -0.2) is 4.57 Å². The Balaban J connectivity index is 2.20. The van der Waals surface area contributed by atoms with Crippen molar-refractivity contribution in [3.8, 4) is 11.5 Å². The van der Waals surface area contributed by atoms with Crippen LogP contribution in [0.5, 0.6) is 11.5 Å². The van der Waals surface area contributed by atoms with Gasteiger partial charge in [-0.3, -0.25) is 0 Å². The topological polar surface area (TPSA) is 44.8 Å². The summed E-state index contributed by atoms with van der Waals surface area (Å²) < 4.78 is 27.2. The van der Waals surface area contributed by atoms with Crippen molar-refractivity contribution in [2.24, 2.45) is 0 Å². The molecular formula is C13H10Cl3O4P. The molecule has 1 atom stereocenters. The first kappa shape index (κ1) is 16.5.